The lowest BCUT2D eigenvalue weighted by atomic mass is 10.2. The van der Waals surface area contributed by atoms with Crippen LogP contribution in [0.2, 0.25) is 0 Å². The molecule has 0 bridgehead atoms. The molecule has 0 aliphatic rings. The summed E-state index contributed by atoms with van der Waals surface area (Å²) in [5, 5.41) is 0. The summed E-state index contributed by atoms with van der Waals surface area (Å²) >= 11 is 8.62. The highest BCUT2D eigenvalue weighted by Gasteiger charge is 2.11. The van der Waals surface area contributed by atoms with Gasteiger partial charge in [-0.25, -0.2) is 4.98 Å². The van der Waals surface area contributed by atoms with Crippen LogP contribution in [-0.4, -0.2) is 9.97 Å². The van der Waals surface area contributed by atoms with Gasteiger partial charge in [0.2, 0.25) is 0 Å². The molecule has 0 aliphatic heterocycles. The summed E-state index contributed by atoms with van der Waals surface area (Å²) in [6.45, 7) is 4.04. The van der Waals surface area contributed by atoms with Gasteiger partial charge in [0.25, 0.3) is 0 Å². The largest absolute Gasteiger partial charge is 0.461 e. The molecule has 0 saturated heterocycles. The van der Waals surface area contributed by atoms with Gasteiger partial charge in [0, 0.05) is 5.69 Å². The molecule has 84 valence electrons. The van der Waals surface area contributed by atoms with E-state index in [1.807, 2.05) is 13.0 Å². The lowest BCUT2D eigenvalue weighted by molar-refractivity contribution is 0.575. The maximum atomic E-state index is 5.39. The number of H-pyrrole nitrogens is 1. The summed E-state index contributed by atoms with van der Waals surface area (Å²) in [5.74, 6) is 1.43. The molecular weight excluding hydrogens is 288 g/mol. The Hall–Kier alpha value is -0.940. The van der Waals surface area contributed by atoms with E-state index in [0.717, 1.165) is 27.9 Å². The van der Waals surface area contributed by atoms with Crippen molar-refractivity contribution in [2.24, 2.45) is 0 Å². The molecule has 2 aromatic rings. The number of nitrogens with one attached hydrogen (secondary N) is 1. The summed E-state index contributed by atoms with van der Waals surface area (Å²) in [5.41, 5.74) is 2.08. The van der Waals surface area contributed by atoms with Crippen molar-refractivity contribution in [3.8, 4) is 11.6 Å². The molecule has 0 amide bonds. The Morgan fingerprint density at radius 2 is 2.31 bits per heavy atom. The highest BCUT2D eigenvalue weighted by Crippen LogP contribution is 2.24. The third kappa shape index (κ3) is 1.97. The van der Waals surface area contributed by atoms with Gasteiger partial charge in [0.15, 0.2) is 11.6 Å². The van der Waals surface area contributed by atoms with Gasteiger partial charge in [0.1, 0.15) is 4.64 Å². The topological polar surface area (TPSA) is 41.8 Å². The Morgan fingerprint density at radius 1 is 1.56 bits per heavy atom. The first-order chi connectivity index (χ1) is 7.63. The Kier molecular flexibility index (Phi) is 3.25. The van der Waals surface area contributed by atoms with Crippen molar-refractivity contribution in [2.75, 3.05) is 0 Å². The molecule has 3 nitrogen and oxygen atoms in total. The number of hydrogen-bond acceptors (Lipinski definition) is 3. The zero-order chi connectivity index (χ0) is 11.7. The summed E-state index contributed by atoms with van der Waals surface area (Å²) in [6, 6.07) is 1.90. The zero-order valence-corrected chi connectivity index (χ0v) is 11.4. The molecule has 1 N–H and O–H groups in total. The number of hydrogen-bond donors (Lipinski definition) is 1. The molecule has 0 unspecified atom stereocenters. The van der Waals surface area contributed by atoms with Crippen molar-refractivity contribution in [3.63, 3.8) is 0 Å². The van der Waals surface area contributed by atoms with Crippen LogP contribution in [0.5, 0.6) is 0 Å². The van der Waals surface area contributed by atoms with Gasteiger partial charge in [-0.05, 0) is 40.9 Å². The van der Waals surface area contributed by atoms with Crippen LogP contribution >= 0.6 is 28.1 Å². The fraction of sp³-hybridized carbons (Fsp3) is 0.273. The van der Waals surface area contributed by atoms with Crippen LogP contribution in [0.3, 0.4) is 0 Å². The molecule has 5 heteroatoms. The van der Waals surface area contributed by atoms with Gasteiger partial charge in [-0.3, -0.25) is 0 Å². The minimum Gasteiger partial charge on any atom is -0.461 e. The highest BCUT2D eigenvalue weighted by atomic mass is 79.9. The normalized spacial score (nSPS) is 10.7. The number of aromatic amines is 1. The fourth-order valence-corrected chi connectivity index (χ4v) is 2.15. The van der Waals surface area contributed by atoms with E-state index in [4.69, 9.17) is 16.6 Å². The predicted molar refractivity (Wildman–Crippen MR) is 68.9 cm³/mol. The molecule has 0 aliphatic carbocycles. The van der Waals surface area contributed by atoms with E-state index in [0.29, 0.717) is 10.5 Å². The number of halogens is 1. The van der Waals surface area contributed by atoms with Gasteiger partial charge in [-0.1, -0.05) is 19.1 Å². The standard InChI is InChI=1S/C11H11BrN2OS/c1-3-7-8(12)11(16)14-10(13-7)9-6(2)4-5-15-9/h4-5H,3H2,1-2H3,(H,13,14,16). The van der Waals surface area contributed by atoms with Crippen molar-refractivity contribution >= 4 is 28.1 Å². The number of nitrogens with zero attached hydrogens (tertiary/aromatic N) is 1. The summed E-state index contributed by atoms with van der Waals surface area (Å²) in [6.07, 6.45) is 2.51. The highest BCUT2D eigenvalue weighted by molar-refractivity contribution is 9.10. The second-order valence-electron chi connectivity index (χ2n) is 3.47. The molecule has 2 heterocycles. The first kappa shape index (κ1) is 11.5. The average Bonchev–Trinajstić information content (AvgIpc) is 2.68. The van der Waals surface area contributed by atoms with E-state index in [1.165, 1.54) is 0 Å². The van der Waals surface area contributed by atoms with E-state index >= 15 is 0 Å². The lowest BCUT2D eigenvalue weighted by Gasteiger charge is -2.05. The van der Waals surface area contributed by atoms with Gasteiger partial charge >= 0.3 is 0 Å². The van der Waals surface area contributed by atoms with E-state index in [9.17, 15) is 0 Å². The smallest absolute Gasteiger partial charge is 0.175 e. The molecule has 0 spiro atoms. The molecule has 16 heavy (non-hydrogen) atoms. The van der Waals surface area contributed by atoms with Crippen molar-refractivity contribution in [1.82, 2.24) is 9.97 Å². The number of aryl methyl sites for hydroxylation is 2. The van der Waals surface area contributed by atoms with Crippen LogP contribution in [0.25, 0.3) is 11.6 Å². The van der Waals surface area contributed by atoms with Crippen molar-refractivity contribution in [1.29, 1.82) is 0 Å². The minimum atomic E-state index is 0.557. The van der Waals surface area contributed by atoms with E-state index < -0.39 is 0 Å². The van der Waals surface area contributed by atoms with Crippen molar-refractivity contribution in [2.45, 2.75) is 20.3 Å². The summed E-state index contributed by atoms with van der Waals surface area (Å²) < 4.78 is 6.81. The zero-order valence-electron chi connectivity index (χ0n) is 9.00. The molecule has 2 aromatic heterocycles. The molecule has 0 aromatic carbocycles. The van der Waals surface area contributed by atoms with E-state index in [-0.39, 0.29) is 0 Å². The van der Waals surface area contributed by atoms with Gasteiger partial charge in [-0.15, -0.1) is 0 Å². The number of rotatable bonds is 2. The summed E-state index contributed by atoms with van der Waals surface area (Å²) in [4.78, 5) is 7.53. The quantitative estimate of drug-likeness (QED) is 0.851. The summed E-state index contributed by atoms with van der Waals surface area (Å²) in [7, 11) is 0. The van der Waals surface area contributed by atoms with Gasteiger partial charge < -0.3 is 9.40 Å². The van der Waals surface area contributed by atoms with Crippen molar-refractivity contribution < 1.29 is 4.42 Å². The minimum absolute atomic E-state index is 0.557. The van der Waals surface area contributed by atoms with E-state index in [2.05, 4.69) is 32.8 Å². The molecule has 0 saturated carbocycles. The van der Waals surface area contributed by atoms with Crippen LogP contribution in [0, 0.1) is 11.6 Å². The second kappa shape index (κ2) is 4.51. The Balaban J connectivity index is 2.64. The predicted octanol–water partition coefficient (Wildman–Crippen LogP) is 4.03. The maximum absolute atomic E-state index is 5.39. The monoisotopic (exact) mass is 298 g/mol. The van der Waals surface area contributed by atoms with Gasteiger partial charge in [-0.2, -0.15) is 0 Å². The van der Waals surface area contributed by atoms with E-state index in [1.54, 1.807) is 6.26 Å². The molecule has 0 radical (unpaired) electrons. The average molecular weight is 299 g/mol. The first-order valence-corrected chi connectivity index (χ1v) is 6.16. The van der Waals surface area contributed by atoms with Gasteiger partial charge in [0.05, 0.1) is 10.7 Å². The Bertz CT molecular complexity index is 574. The third-order valence-electron chi connectivity index (χ3n) is 2.37. The van der Waals surface area contributed by atoms with Crippen molar-refractivity contribution in [3.05, 3.63) is 32.7 Å². The SMILES string of the molecule is CCc1[nH]c(-c2occc2C)nc(=S)c1Br. The Labute approximate surface area is 107 Å². The molecule has 2 rings (SSSR count). The van der Waals surface area contributed by atoms with Crippen LogP contribution in [-0.2, 0) is 6.42 Å². The third-order valence-corrected chi connectivity index (χ3v) is 3.78. The maximum Gasteiger partial charge on any atom is 0.175 e. The fourth-order valence-electron chi connectivity index (χ4n) is 1.47. The number of furan rings is 1. The van der Waals surface area contributed by atoms with Crippen LogP contribution in [0.15, 0.2) is 21.2 Å². The molecular formula is C11H11BrN2OS. The Morgan fingerprint density at radius 3 is 2.88 bits per heavy atom. The van der Waals surface area contributed by atoms with Crippen LogP contribution in [0.1, 0.15) is 18.2 Å². The van der Waals surface area contributed by atoms with Crippen LogP contribution in [0.4, 0.5) is 0 Å². The second-order valence-corrected chi connectivity index (χ2v) is 4.65. The van der Waals surface area contributed by atoms with Crippen LogP contribution < -0.4 is 0 Å². The molecule has 0 fully saturated rings. The molecule has 0 atom stereocenters. The lowest BCUT2D eigenvalue weighted by Crippen LogP contribution is -1.97. The first-order valence-electron chi connectivity index (χ1n) is 4.96. The number of aromatic nitrogens is 2.